The van der Waals surface area contributed by atoms with Gasteiger partial charge in [-0.15, -0.1) is 0 Å². The Morgan fingerprint density at radius 2 is 0.484 bits per heavy atom. The zero-order valence-corrected chi connectivity index (χ0v) is 63.8. The Balaban J connectivity index is 5.14. The van der Waals surface area contributed by atoms with Crippen molar-refractivity contribution in [3.8, 4) is 0 Å². The molecule has 0 spiro atoms. The van der Waals surface area contributed by atoms with E-state index in [4.69, 9.17) is 37.0 Å². The van der Waals surface area contributed by atoms with Crippen molar-refractivity contribution in [2.24, 2.45) is 11.8 Å². The van der Waals surface area contributed by atoms with Crippen LogP contribution in [0.5, 0.6) is 0 Å². The van der Waals surface area contributed by atoms with Gasteiger partial charge in [0.15, 0.2) is 12.2 Å². The third-order valence-corrected chi connectivity index (χ3v) is 19.6. The lowest BCUT2D eigenvalue weighted by atomic mass is 10.0. The fraction of sp³-hybridized carbons (Fsp3) is 0.947. The number of carbonyl (C=O) groups excluding carboxylic acids is 4. The van der Waals surface area contributed by atoms with Crippen LogP contribution in [0.25, 0.3) is 0 Å². The van der Waals surface area contributed by atoms with Gasteiger partial charge in [0.1, 0.15) is 19.3 Å². The van der Waals surface area contributed by atoms with Gasteiger partial charge < -0.3 is 33.8 Å². The lowest BCUT2D eigenvalue weighted by Gasteiger charge is -2.21. The highest BCUT2D eigenvalue weighted by Crippen LogP contribution is 2.45. The molecule has 19 heteroatoms. The van der Waals surface area contributed by atoms with Gasteiger partial charge in [-0.05, 0) is 37.5 Å². The van der Waals surface area contributed by atoms with Crippen LogP contribution in [0.4, 0.5) is 0 Å². The third-order valence-electron chi connectivity index (χ3n) is 17.7. The summed E-state index contributed by atoms with van der Waals surface area (Å²) in [6.07, 6.45) is 55.9. The van der Waals surface area contributed by atoms with Crippen molar-refractivity contribution in [2.75, 3.05) is 39.6 Å². The van der Waals surface area contributed by atoms with Crippen LogP contribution in [0, 0.1) is 11.8 Å². The van der Waals surface area contributed by atoms with Crippen molar-refractivity contribution in [3.05, 3.63) is 0 Å². The number of phosphoric acid groups is 2. The van der Waals surface area contributed by atoms with Crippen molar-refractivity contribution in [1.29, 1.82) is 0 Å². The van der Waals surface area contributed by atoms with E-state index in [1.54, 1.807) is 0 Å². The number of hydrogen-bond acceptors (Lipinski definition) is 15. The molecule has 2 unspecified atom stereocenters. The normalized spacial score (nSPS) is 14.0. The Bertz CT molecular complexity index is 1840. The van der Waals surface area contributed by atoms with E-state index in [1.165, 1.54) is 205 Å². The minimum absolute atomic E-state index is 0.106. The van der Waals surface area contributed by atoms with E-state index < -0.39 is 97.5 Å². The Labute approximate surface area is 581 Å². The molecule has 0 aromatic rings. The number of unbranched alkanes of at least 4 members (excludes halogenated alkanes) is 45. The summed E-state index contributed by atoms with van der Waals surface area (Å²) in [5.74, 6) is -0.558. The highest BCUT2D eigenvalue weighted by atomic mass is 31.2. The minimum atomic E-state index is -4.96. The molecule has 0 rings (SSSR count). The van der Waals surface area contributed by atoms with Gasteiger partial charge in [0.05, 0.1) is 26.4 Å². The Morgan fingerprint density at radius 3 is 0.716 bits per heavy atom. The predicted molar refractivity (Wildman–Crippen MR) is 386 cm³/mol. The van der Waals surface area contributed by atoms with E-state index in [9.17, 15) is 43.2 Å². The number of rotatable bonds is 75. The third kappa shape index (κ3) is 70.3. The van der Waals surface area contributed by atoms with E-state index in [2.05, 4.69) is 41.5 Å². The molecule has 0 heterocycles. The summed E-state index contributed by atoms with van der Waals surface area (Å²) in [6, 6.07) is 0. The SMILES string of the molecule is CCCCCCCCCCCCCCCCCCCCCC(=O)O[C@H](COC(=O)CCCCCCCCCCCCCCCC(C)C)COP(=O)(O)OC[C@@H](O)COP(=O)(O)OC[C@@H](COC(=O)CCCCCCC)OC(=O)CCCCCCCCCCCCCCC(C)C. The van der Waals surface area contributed by atoms with Crippen molar-refractivity contribution in [2.45, 2.75) is 413 Å². The molecule has 0 amide bonds. The van der Waals surface area contributed by atoms with Crippen LogP contribution in [-0.2, 0) is 65.4 Å². The number of ether oxygens (including phenoxy) is 4. The summed E-state index contributed by atoms with van der Waals surface area (Å²) in [5.41, 5.74) is 0. The van der Waals surface area contributed by atoms with Crippen molar-refractivity contribution in [1.82, 2.24) is 0 Å². The number of carbonyl (C=O) groups is 4. The first kappa shape index (κ1) is 93.1. The van der Waals surface area contributed by atoms with Gasteiger partial charge in [-0.1, -0.05) is 343 Å². The molecule has 3 N–H and O–H groups in total. The number of aliphatic hydroxyl groups is 1. The Hall–Kier alpha value is -1.94. The topological polar surface area (TPSA) is 237 Å². The predicted octanol–water partition coefficient (Wildman–Crippen LogP) is 22.3. The number of aliphatic hydroxyl groups excluding tert-OH is 1. The second-order valence-corrected chi connectivity index (χ2v) is 31.3. The average Bonchev–Trinajstić information content (AvgIpc) is 2.91. The molecule has 0 aliphatic rings. The fourth-order valence-electron chi connectivity index (χ4n) is 11.7. The molecular formula is C76H148O17P2. The molecule has 564 valence electrons. The zero-order valence-electron chi connectivity index (χ0n) is 62.0. The highest BCUT2D eigenvalue weighted by molar-refractivity contribution is 7.47. The first-order valence-electron chi connectivity index (χ1n) is 39.5. The molecule has 0 aromatic heterocycles. The van der Waals surface area contributed by atoms with Gasteiger partial charge in [0.2, 0.25) is 0 Å². The molecule has 0 saturated heterocycles. The second kappa shape index (κ2) is 67.9. The molecule has 0 bridgehead atoms. The summed E-state index contributed by atoms with van der Waals surface area (Å²) in [6.45, 7) is 9.54. The molecule has 0 aliphatic heterocycles. The minimum Gasteiger partial charge on any atom is -0.462 e. The van der Waals surface area contributed by atoms with Crippen LogP contribution < -0.4 is 0 Å². The van der Waals surface area contributed by atoms with E-state index in [0.29, 0.717) is 25.7 Å². The fourth-order valence-corrected chi connectivity index (χ4v) is 13.2. The first-order chi connectivity index (χ1) is 45.9. The molecule has 0 saturated carbocycles. The maximum atomic E-state index is 13.1. The lowest BCUT2D eigenvalue weighted by Crippen LogP contribution is -2.30. The maximum absolute atomic E-state index is 13.1. The molecule has 5 atom stereocenters. The molecular weight excluding hydrogens is 1250 g/mol. The molecule has 0 radical (unpaired) electrons. The van der Waals surface area contributed by atoms with Gasteiger partial charge in [0, 0.05) is 25.7 Å². The van der Waals surface area contributed by atoms with Crippen molar-refractivity contribution >= 4 is 39.5 Å². The van der Waals surface area contributed by atoms with Crippen LogP contribution in [-0.4, -0.2) is 96.7 Å². The van der Waals surface area contributed by atoms with Crippen LogP contribution in [0.2, 0.25) is 0 Å². The molecule has 17 nitrogen and oxygen atoms in total. The summed E-state index contributed by atoms with van der Waals surface area (Å²) < 4.78 is 68.3. The van der Waals surface area contributed by atoms with E-state index in [0.717, 1.165) is 108 Å². The summed E-state index contributed by atoms with van der Waals surface area (Å²) in [5, 5.41) is 10.6. The van der Waals surface area contributed by atoms with Crippen LogP contribution in [0.1, 0.15) is 395 Å². The standard InChI is InChI=1S/C76H148O17P2/c1-7-9-11-13-14-15-16-17-18-19-20-21-22-25-32-37-42-48-54-61-76(81)93-72(65-87-74(79)59-53-47-41-36-31-26-23-24-29-34-39-45-50-56-68(3)4)67-91-95(84,85)89-63-70(77)62-88-94(82,83)90-66-71(64-86-73(78)58-52-44-12-10-8-2)92-75(80)60-55-49-43-38-33-28-27-30-35-40-46-51-57-69(5)6/h68-72,77H,7-67H2,1-6H3,(H,82,83)(H,84,85)/t70-,71+,72+/m0/s1. The summed E-state index contributed by atoms with van der Waals surface area (Å²) >= 11 is 0. The van der Waals surface area contributed by atoms with Crippen LogP contribution in [0.15, 0.2) is 0 Å². The van der Waals surface area contributed by atoms with E-state index in [1.807, 2.05) is 0 Å². The van der Waals surface area contributed by atoms with Gasteiger partial charge in [0.25, 0.3) is 0 Å². The van der Waals surface area contributed by atoms with Crippen LogP contribution >= 0.6 is 15.6 Å². The molecule has 95 heavy (non-hydrogen) atoms. The lowest BCUT2D eigenvalue weighted by molar-refractivity contribution is -0.161. The van der Waals surface area contributed by atoms with Gasteiger partial charge >= 0.3 is 39.5 Å². The largest absolute Gasteiger partial charge is 0.472 e. The Kier molecular flexibility index (Phi) is 66.5. The maximum Gasteiger partial charge on any atom is 0.472 e. The molecule has 0 fully saturated rings. The first-order valence-corrected chi connectivity index (χ1v) is 42.5. The Morgan fingerprint density at radius 1 is 0.284 bits per heavy atom. The molecule has 0 aromatic carbocycles. The van der Waals surface area contributed by atoms with Crippen molar-refractivity contribution < 1.29 is 80.2 Å². The second-order valence-electron chi connectivity index (χ2n) is 28.3. The average molecular weight is 1400 g/mol. The summed E-state index contributed by atoms with van der Waals surface area (Å²) in [4.78, 5) is 72.5. The number of hydrogen-bond donors (Lipinski definition) is 3. The quantitative estimate of drug-likeness (QED) is 0.0222. The zero-order chi connectivity index (χ0) is 70.0. The van der Waals surface area contributed by atoms with Crippen LogP contribution in [0.3, 0.4) is 0 Å². The monoisotopic (exact) mass is 1400 g/mol. The summed E-state index contributed by atoms with van der Waals surface area (Å²) in [7, 11) is -9.90. The van der Waals surface area contributed by atoms with Crippen molar-refractivity contribution in [3.63, 3.8) is 0 Å². The van der Waals surface area contributed by atoms with Gasteiger partial charge in [-0.2, -0.15) is 0 Å². The van der Waals surface area contributed by atoms with Gasteiger partial charge in [-0.25, -0.2) is 9.13 Å². The smallest absolute Gasteiger partial charge is 0.462 e. The van der Waals surface area contributed by atoms with Gasteiger partial charge in [-0.3, -0.25) is 37.3 Å². The number of phosphoric ester groups is 2. The molecule has 0 aliphatic carbocycles. The number of esters is 4. The highest BCUT2D eigenvalue weighted by Gasteiger charge is 2.30. The van der Waals surface area contributed by atoms with E-state index in [-0.39, 0.29) is 25.7 Å². The van der Waals surface area contributed by atoms with E-state index >= 15 is 0 Å².